The number of unbranched alkanes of at least 4 members (excludes halogenated alkanes) is 15. The van der Waals surface area contributed by atoms with Crippen LogP contribution in [0.25, 0.3) is 0 Å². The summed E-state index contributed by atoms with van der Waals surface area (Å²) < 4.78 is 16.6. The Morgan fingerprint density at radius 3 is 1.25 bits per heavy atom. The first-order valence-corrected chi connectivity index (χ1v) is 21.8. The average molecular weight is 763 g/mol. The second-order valence-electron chi connectivity index (χ2n) is 14.0. The highest BCUT2D eigenvalue weighted by Crippen LogP contribution is 2.12. The number of allylic oxidation sites excluding steroid dienone is 16. The van der Waals surface area contributed by atoms with Gasteiger partial charge in [0.05, 0.1) is 0 Å². The van der Waals surface area contributed by atoms with Gasteiger partial charge in [-0.15, -0.1) is 0 Å². The third-order valence-corrected chi connectivity index (χ3v) is 8.71. The smallest absolute Gasteiger partial charge is 0.306 e. The molecule has 0 aliphatic heterocycles. The van der Waals surface area contributed by atoms with Crippen LogP contribution in [0.2, 0.25) is 0 Å². The van der Waals surface area contributed by atoms with Gasteiger partial charge in [-0.05, 0) is 77.0 Å². The highest BCUT2D eigenvalue weighted by Gasteiger charge is 2.19. The molecule has 0 aromatic carbocycles. The maximum Gasteiger partial charge on any atom is 0.306 e. The quantitative estimate of drug-likeness (QED) is 0.0206. The van der Waals surface area contributed by atoms with E-state index in [2.05, 4.69) is 81.5 Å². The number of carbonyl (C=O) groups is 3. The van der Waals surface area contributed by atoms with Crippen LogP contribution in [0.1, 0.15) is 175 Å². The van der Waals surface area contributed by atoms with Crippen molar-refractivity contribution < 1.29 is 28.6 Å². The molecule has 0 radical (unpaired) electrons. The Hall–Kier alpha value is -3.67. The SMILES string of the molecule is CC\C=C/C=C\C=C/C=C\CCCCCC(=O)OC(COC(=O)CCC/C=C\CCCCCC)COC(=O)CCCCCCCCC\C=C/C=C\C=C/CC. The fraction of sp³-hybridized carbons (Fsp3) is 0.612. The molecule has 0 fully saturated rings. The Kier molecular flexibility index (Phi) is 40.2. The van der Waals surface area contributed by atoms with Crippen molar-refractivity contribution in [2.45, 2.75) is 181 Å². The Labute approximate surface area is 337 Å². The Morgan fingerprint density at radius 1 is 0.382 bits per heavy atom. The molecule has 1 atom stereocenters. The van der Waals surface area contributed by atoms with Crippen molar-refractivity contribution in [3.63, 3.8) is 0 Å². The van der Waals surface area contributed by atoms with Crippen LogP contribution >= 0.6 is 0 Å². The Balaban J connectivity index is 4.49. The molecule has 0 N–H and O–H groups in total. The minimum atomic E-state index is -0.812. The van der Waals surface area contributed by atoms with E-state index >= 15 is 0 Å². The molecule has 0 rings (SSSR count). The summed E-state index contributed by atoms with van der Waals surface area (Å²) in [6, 6.07) is 0. The molecule has 0 aliphatic rings. The zero-order valence-electron chi connectivity index (χ0n) is 35.1. The van der Waals surface area contributed by atoms with Crippen molar-refractivity contribution >= 4 is 17.9 Å². The molecular weight excluding hydrogens is 685 g/mol. The summed E-state index contributed by atoms with van der Waals surface area (Å²) in [5.41, 5.74) is 0. The molecule has 1 unspecified atom stereocenters. The zero-order chi connectivity index (χ0) is 40.1. The van der Waals surface area contributed by atoms with E-state index in [-0.39, 0.29) is 37.5 Å². The number of hydrogen-bond donors (Lipinski definition) is 0. The first-order valence-electron chi connectivity index (χ1n) is 21.8. The van der Waals surface area contributed by atoms with Crippen molar-refractivity contribution in [1.29, 1.82) is 0 Å². The van der Waals surface area contributed by atoms with Crippen LogP contribution in [-0.4, -0.2) is 37.2 Å². The fourth-order valence-electron chi connectivity index (χ4n) is 5.45. The average Bonchev–Trinajstić information content (AvgIpc) is 3.18. The lowest BCUT2D eigenvalue weighted by atomic mass is 10.1. The molecule has 0 saturated carbocycles. The van der Waals surface area contributed by atoms with Crippen LogP contribution in [-0.2, 0) is 28.6 Å². The lowest BCUT2D eigenvalue weighted by molar-refractivity contribution is -0.167. The largest absolute Gasteiger partial charge is 0.462 e. The standard InChI is InChI=1S/C49H78O6/c1-4-7-10-13-16-19-21-23-24-26-27-30-33-36-39-42-48(51)54-45-46(44-53-47(50)41-38-35-32-29-18-15-12-9-6-3)55-49(52)43-40-37-34-31-28-25-22-20-17-14-11-8-5-2/h7-8,10-11,13-14,16-17,19-22,25,28-29,32,46H,4-6,9,12,15,18,23-24,26-27,30-31,33-45H2,1-3H3/b10-7-,11-8-,16-13-,17-14-,21-19-,22-20-,28-25-,32-29-. The first-order chi connectivity index (χ1) is 27.0. The van der Waals surface area contributed by atoms with Crippen molar-refractivity contribution in [3.8, 4) is 0 Å². The topological polar surface area (TPSA) is 78.9 Å². The van der Waals surface area contributed by atoms with Crippen molar-refractivity contribution in [2.24, 2.45) is 0 Å². The molecule has 0 amide bonds. The van der Waals surface area contributed by atoms with Gasteiger partial charge >= 0.3 is 17.9 Å². The summed E-state index contributed by atoms with van der Waals surface area (Å²) in [6.07, 6.45) is 55.4. The molecule has 0 aliphatic carbocycles. The van der Waals surface area contributed by atoms with E-state index < -0.39 is 6.10 Å². The minimum absolute atomic E-state index is 0.110. The van der Waals surface area contributed by atoms with Gasteiger partial charge in [0.15, 0.2) is 6.10 Å². The maximum absolute atomic E-state index is 12.7. The summed E-state index contributed by atoms with van der Waals surface area (Å²) >= 11 is 0. The van der Waals surface area contributed by atoms with Gasteiger partial charge in [0.25, 0.3) is 0 Å². The Morgan fingerprint density at radius 2 is 0.745 bits per heavy atom. The zero-order valence-corrected chi connectivity index (χ0v) is 35.1. The van der Waals surface area contributed by atoms with Gasteiger partial charge in [0, 0.05) is 19.3 Å². The van der Waals surface area contributed by atoms with Crippen LogP contribution in [0.15, 0.2) is 97.2 Å². The normalized spacial score (nSPS) is 13.0. The molecule has 0 saturated heterocycles. The Bertz CT molecular complexity index is 1150. The van der Waals surface area contributed by atoms with Crippen LogP contribution in [0.5, 0.6) is 0 Å². The number of rotatable bonds is 37. The number of hydrogen-bond acceptors (Lipinski definition) is 6. The van der Waals surface area contributed by atoms with Crippen LogP contribution in [0.4, 0.5) is 0 Å². The highest BCUT2D eigenvalue weighted by molar-refractivity contribution is 5.71. The molecule has 0 aromatic rings. The predicted octanol–water partition coefficient (Wildman–Crippen LogP) is 13.9. The number of esters is 3. The summed E-state index contributed by atoms with van der Waals surface area (Å²) in [5.74, 6) is -1.01. The molecule has 0 spiro atoms. The van der Waals surface area contributed by atoms with E-state index in [4.69, 9.17) is 14.2 Å². The summed E-state index contributed by atoms with van der Waals surface area (Å²) in [7, 11) is 0. The first kappa shape index (κ1) is 51.3. The summed E-state index contributed by atoms with van der Waals surface area (Å²) in [4.78, 5) is 37.6. The monoisotopic (exact) mass is 763 g/mol. The van der Waals surface area contributed by atoms with Gasteiger partial charge in [-0.2, -0.15) is 0 Å². The number of ether oxygens (including phenoxy) is 3. The van der Waals surface area contributed by atoms with Gasteiger partial charge in [-0.25, -0.2) is 0 Å². The van der Waals surface area contributed by atoms with Crippen LogP contribution in [0.3, 0.4) is 0 Å². The molecule has 55 heavy (non-hydrogen) atoms. The van der Waals surface area contributed by atoms with E-state index in [9.17, 15) is 14.4 Å². The highest BCUT2D eigenvalue weighted by atomic mass is 16.6. The minimum Gasteiger partial charge on any atom is -0.462 e. The second-order valence-corrected chi connectivity index (χ2v) is 14.0. The molecule has 0 bridgehead atoms. The van der Waals surface area contributed by atoms with Gasteiger partial charge in [0.1, 0.15) is 13.2 Å². The predicted molar refractivity (Wildman–Crippen MR) is 233 cm³/mol. The van der Waals surface area contributed by atoms with E-state index in [0.717, 1.165) is 70.6 Å². The van der Waals surface area contributed by atoms with E-state index in [0.29, 0.717) is 25.7 Å². The van der Waals surface area contributed by atoms with E-state index in [1.807, 2.05) is 36.5 Å². The van der Waals surface area contributed by atoms with Crippen molar-refractivity contribution in [2.75, 3.05) is 13.2 Å². The van der Waals surface area contributed by atoms with Gasteiger partial charge < -0.3 is 14.2 Å². The molecule has 0 aromatic heterocycles. The van der Waals surface area contributed by atoms with Gasteiger partial charge in [-0.3, -0.25) is 14.4 Å². The third kappa shape index (κ3) is 41.3. The molecule has 6 nitrogen and oxygen atoms in total. The lowest BCUT2D eigenvalue weighted by Gasteiger charge is -2.18. The summed E-state index contributed by atoms with van der Waals surface area (Å²) in [5, 5.41) is 0. The molecule has 310 valence electrons. The van der Waals surface area contributed by atoms with E-state index in [1.165, 1.54) is 51.4 Å². The molecule has 0 heterocycles. The maximum atomic E-state index is 12.7. The number of carbonyl (C=O) groups excluding carboxylic acids is 3. The second kappa shape index (κ2) is 43.1. The van der Waals surface area contributed by atoms with Crippen molar-refractivity contribution in [1.82, 2.24) is 0 Å². The van der Waals surface area contributed by atoms with Crippen LogP contribution in [0, 0.1) is 0 Å². The van der Waals surface area contributed by atoms with Gasteiger partial charge in [-0.1, -0.05) is 176 Å². The van der Waals surface area contributed by atoms with Gasteiger partial charge in [0.2, 0.25) is 0 Å². The summed E-state index contributed by atoms with van der Waals surface area (Å²) in [6.45, 7) is 6.22. The fourth-order valence-corrected chi connectivity index (χ4v) is 5.45. The molecular formula is C49H78O6. The third-order valence-electron chi connectivity index (χ3n) is 8.71. The van der Waals surface area contributed by atoms with Crippen molar-refractivity contribution in [3.05, 3.63) is 97.2 Å². The molecule has 6 heteroatoms. The van der Waals surface area contributed by atoms with E-state index in [1.54, 1.807) is 0 Å². The van der Waals surface area contributed by atoms with Crippen LogP contribution < -0.4 is 0 Å². The lowest BCUT2D eigenvalue weighted by Crippen LogP contribution is -2.30.